The second-order valence-electron chi connectivity index (χ2n) is 5.10. The highest BCUT2D eigenvalue weighted by molar-refractivity contribution is 4.74. The summed E-state index contributed by atoms with van der Waals surface area (Å²) in [6, 6.07) is 0. The number of ether oxygens (including phenoxy) is 2. The summed E-state index contributed by atoms with van der Waals surface area (Å²) in [6.07, 6.45) is 3.16. The van der Waals surface area contributed by atoms with E-state index in [-0.39, 0.29) is 0 Å². The molecule has 0 aromatic rings. The number of rotatable bonds is 6. The third kappa shape index (κ3) is 5.28. The van der Waals surface area contributed by atoms with Gasteiger partial charge in [0, 0.05) is 0 Å². The topological polar surface area (TPSA) is 30.5 Å². The van der Waals surface area contributed by atoms with Crippen molar-refractivity contribution in [1.82, 2.24) is 5.32 Å². The fraction of sp³-hybridized carbons (Fsp3) is 1.00. The van der Waals surface area contributed by atoms with Crippen molar-refractivity contribution in [3.05, 3.63) is 0 Å². The molecule has 0 saturated carbocycles. The van der Waals surface area contributed by atoms with E-state index in [2.05, 4.69) is 33.0 Å². The third-order valence-corrected chi connectivity index (χ3v) is 3.01. The van der Waals surface area contributed by atoms with E-state index >= 15 is 0 Å². The predicted molar refractivity (Wildman–Crippen MR) is 66.7 cm³/mol. The molecule has 0 radical (unpaired) electrons. The molecule has 0 aliphatic carbocycles. The molecule has 16 heavy (non-hydrogen) atoms. The molecule has 1 aliphatic heterocycles. The van der Waals surface area contributed by atoms with Crippen LogP contribution in [0.15, 0.2) is 0 Å². The van der Waals surface area contributed by atoms with E-state index in [1.54, 1.807) is 0 Å². The van der Waals surface area contributed by atoms with E-state index in [0.717, 1.165) is 32.5 Å². The summed E-state index contributed by atoms with van der Waals surface area (Å²) in [5, 5.41) is 3.35. The van der Waals surface area contributed by atoms with E-state index in [1.807, 2.05) is 0 Å². The Bertz CT molecular complexity index is 177. The maximum absolute atomic E-state index is 5.96. The first kappa shape index (κ1) is 13.9. The summed E-state index contributed by atoms with van der Waals surface area (Å²) in [4.78, 5) is 0. The second kappa shape index (κ2) is 7.25. The zero-order chi connectivity index (χ0) is 12.0. The van der Waals surface area contributed by atoms with Crippen LogP contribution in [0.4, 0.5) is 0 Å². The standard InChI is InChI=1S/C13H27NO2/c1-5-14-8-10(2)9-15-13-6-11(3)16-12(4)7-13/h10-14H,5-9H2,1-4H3. The number of hydrogen-bond acceptors (Lipinski definition) is 3. The number of hydrogen-bond donors (Lipinski definition) is 1. The molecule has 0 bridgehead atoms. The van der Waals surface area contributed by atoms with Crippen molar-refractivity contribution in [1.29, 1.82) is 0 Å². The van der Waals surface area contributed by atoms with Crippen LogP contribution in [0.25, 0.3) is 0 Å². The Morgan fingerprint density at radius 2 is 1.94 bits per heavy atom. The van der Waals surface area contributed by atoms with E-state index in [0.29, 0.717) is 24.2 Å². The highest BCUT2D eigenvalue weighted by Gasteiger charge is 2.25. The maximum Gasteiger partial charge on any atom is 0.0624 e. The van der Waals surface area contributed by atoms with Crippen molar-refractivity contribution >= 4 is 0 Å². The fourth-order valence-corrected chi connectivity index (χ4v) is 2.23. The van der Waals surface area contributed by atoms with Crippen LogP contribution in [-0.2, 0) is 9.47 Å². The Hall–Kier alpha value is -0.120. The van der Waals surface area contributed by atoms with E-state index in [4.69, 9.17) is 9.47 Å². The van der Waals surface area contributed by atoms with Gasteiger partial charge < -0.3 is 14.8 Å². The highest BCUT2D eigenvalue weighted by Crippen LogP contribution is 2.21. The molecule has 3 atom stereocenters. The van der Waals surface area contributed by atoms with Gasteiger partial charge in [0.1, 0.15) is 0 Å². The summed E-state index contributed by atoms with van der Waals surface area (Å²) in [6.45, 7) is 11.6. The van der Waals surface area contributed by atoms with Gasteiger partial charge in [-0.15, -0.1) is 0 Å². The number of nitrogens with one attached hydrogen (secondary N) is 1. The molecular formula is C13H27NO2. The fourth-order valence-electron chi connectivity index (χ4n) is 2.23. The van der Waals surface area contributed by atoms with Gasteiger partial charge in [0.2, 0.25) is 0 Å². The summed E-state index contributed by atoms with van der Waals surface area (Å²) in [5.41, 5.74) is 0. The Morgan fingerprint density at radius 1 is 1.31 bits per heavy atom. The Kier molecular flexibility index (Phi) is 6.32. The van der Waals surface area contributed by atoms with Crippen molar-refractivity contribution < 1.29 is 9.47 Å². The van der Waals surface area contributed by atoms with Gasteiger partial charge in [0.15, 0.2) is 0 Å². The Morgan fingerprint density at radius 3 is 2.50 bits per heavy atom. The molecule has 1 aliphatic rings. The quantitative estimate of drug-likeness (QED) is 0.757. The van der Waals surface area contributed by atoms with Crippen LogP contribution in [0.2, 0.25) is 0 Å². The van der Waals surface area contributed by atoms with Crippen molar-refractivity contribution in [2.75, 3.05) is 19.7 Å². The lowest BCUT2D eigenvalue weighted by Gasteiger charge is -2.32. The predicted octanol–water partition coefficient (Wildman–Crippen LogP) is 2.20. The van der Waals surface area contributed by atoms with Crippen LogP contribution in [0.1, 0.15) is 40.5 Å². The molecule has 1 fully saturated rings. The van der Waals surface area contributed by atoms with Gasteiger partial charge in [0.25, 0.3) is 0 Å². The molecule has 0 aromatic heterocycles. The van der Waals surface area contributed by atoms with Crippen molar-refractivity contribution in [2.45, 2.75) is 58.8 Å². The summed E-state index contributed by atoms with van der Waals surface area (Å²) < 4.78 is 11.7. The minimum absolute atomic E-state index is 0.345. The van der Waals surface area contributed by atoms with Crippen LogP contribution in [0.3, 0.4) is 0 Å². The summed E-state index contributed by atoms with van der Waals surface area (Å²) in [5.74, 6) is 0.591. The Labute approximate surface area is 99.9 Å². The molecule has 1 saturated heterocycles. The molecule has 3 unspecified atom stereocenters. The van der Waals surface area contributed by atoms with Gasteiger partial charge in [0.05, 0.1) is 24.9 Å². The second-order valence-corrected chi connectivity index (χ2v) is 5.10. The SMILES string of the molecule is CCNCC(C)COC1CC(C)OC(C)C1. The van der Waals surface area contributed by atoms with Crippen LogP contribution in [0, 0.1) is 5.92 Å². The molecule has 0 aromatic carbocycles. The molecule has 3 nitrogen and oxygen atoms in total. The molecule has 1 N–H and O–H groups in total. The van der Waals surface area contributed by atoms with Crippen LogP contribution >= 0.6 is 0 Å². The minimum atomic E-state index is 0.345. The molecule has 0 spiro atoms. The normalized spacial score (nSPS) is 32.6. The molecule has 1 rings (SSSR count). The van der Waals surface area contributed by atoms with Gasteiger partial charge in [-0.3, -0.25) is 0 Å². The smallest absolute Gasteiger partial charge is 0.0624 e. The van der Waals surface area contributed by atoms with Crippen molar-refractivity contribution in [2.24, 2.45) is 5.92 Å². The summed E-state index contributed by atoms with van der Waals surface area (Å²) in [7, 11) is 0. The molecular weight excluding hydrogens is 202 g/mol. The van der Waals surface area contributed by atoms with Crippen molar-refractivity contribution in [3.63, 3.8) is 0 Å². The van der Waals surface area contributed by atoms with Gasteiger partial charge in [-0.25, -0.2) is 0 Å². The van der Waals surface area contributed by atoms with Crippen LogP contribution in [-0.4, -0.2) is 38.0 Å². The van der Waals surface area contributed by atoms with Gasteiger partial charge >= 0.3 is 0 Å². The van der Waals surface area contributed by atoms with Gasteiger partial charge in [-0.1, -0.05) is 13.8 Å². The van der Waals surface area contributed by atoms with E-state index in [1.165, 1.54) is 0 Å². The molecule has 96 valence electrons. The molecule has 0 amide bonds. The zero-order valence-electron chi connectivity index (χ0n) is 11.2. The first-order valence-corrected chi connectivity index (χ1v) is 6.59. The minimum Gasteiger partial charge on any atom is -0.378 e. The average molecular weight is 229 g/mol. The lowest BCUT2D eigenvalue weighted by Crippen LogP contribution is -2.35. The van der Waals surface area contributed by atoms with E-state index in [9.17, 15) is 0 Å². The van der Waals surface area contributed by atoms with Crippen LogP contribution in [0.5, 0.6) is 0 Å². The van der Waals surface area contributed by atoms with Gasteiger partial charge in [-0.2, -0.15) is 0 Å². The zero-order valence-corrected chi connectivity index (χ0v) is 11.2. The molecule has 3 heteroatoms. The highest BCUT2D eigenvalue weighted by atomic mass is 16.5. The largest absolute Gasteiger partial charge is 0.378 e. The first-order chi connectivity index (χ1) is 7.61. The lowest BCUT2D eigenvalue weighted by atomic mass is 10.0. The third-order valence-electron chi connectivity index (χ3n) is 3.01. The van der Waals surface area contributed by atoms with Gasteiger partial charge in [-0.05, 0) is 45.7 Å². The van der Waals surface area contributed by atoms with E-state index < -0.39 is 0 Å². The maximum atomic E-state index is 5.96. The van der Waals surface area contributed by atoms with Crippen molar-refractivity contribution in [3.8, 4) is 0 Å². The summed E-state index contributed by atoms with van der Waals surface area (Å²) >= 11 is 0. The lowest BCUT2D eigenvalue weighted by molar-refractivity contribution is -0.106. The monoisotopic (exact) mass is 229 g/mol. The Balaban J connectivity index is 2.16. The average Bonchev–Trinajstić information content (AvgIpc) is 2.22. The van der Waals surface area contributed by atoms with Crippen LogP contribution < -0.4 is 5.32 Å². The first-order valence-electron chi connectivity index (χ1n) is 6.59. The molecule has 1 heterocycles.